The van der Waals surface area contributed by atoms with Gasteiger partial charge in [0.2, 0.25) is 0 Å². The normalized spacial score (nSPS) is 14.0. The van der Waals surface area contributed by atoms with Gasteiger partial charge in [-0.15, -0.1) is 0 Å². The number of non-ortho nitro benzene ring substituents is 1. The monoisotopic (exact) mass is 384 g/mol. The number of hydrogen-bond acceptors (Lipinski definition) is 6. The minimum Gasteiger partial charge on any atom is -0.334 e. The van der Waals surface area contributed by atoms with Gasteiger partial charge in [0, 0.05) is 17.8 Å². The highest BCUT2D eigenvalue weighted by Gasteiger charge is 2.16. The summed E-state index contributed by atoms with van der Waals surface area (Å²) in [5.74, 6) is -0.318. The summed E-state index contributed by atoms with van der Waals surface area (Å²) in [6, 6.07) is 12.0. The lowest BCUT2D eigenvalue weighted by Gasteiger charge is -2.25. The first-order chi connectivity index (χ1) is 13.0. The SMILES string of the molecule is O=c1c(=Cc2ccc([N+](=O)[O-])cc2)sc2n1CN(c1ccc(F)cc1)CN=2. The molecule has 7 nitrogen and oxygen atoms in total. The Kier molecular flexibility index (Phi) is 4.28. The Labute approximate surface area is 156 Å². The maximum Gasteiger partial charge on any atom is 0.271 e. The van der Waals surface area contributed by atoms with Crippen LogP contribution in [0.5, 0.6) is 0 Å². The van der Waals surface area contributed by atoms with Crippen molar-refractivity contribution in [2.45, 2.75) is 6.67 Å². The van der Waals surface area contributed by atoms with Gasteiger partial charge >= 0.3 is 0 Å². The first-order valence-corrected chi connectivity index (χ1v) is 8.84. The van der Waals surface area contributed by atoms with Gasteiger partial charge in [-0.05, 0) is 48.0 Å². The van der Waals surface area contributed by atoms with Crippen LogP contribution in [-0.4, -0.2) is 16.2 Å². The van der Waals surface area contributed by atoms with E-state index in [1.165, 1.54) is 35.6 Å². The van der Waals surface area contributed by atoms with E-state index in [0.29, 0.717) is 28.2 Å². The van der Waals surface area contributed by atoms with E-state index >= 15 is 0 Å². The number of halogens is 1. The number of nitrogens with zero attached hydrogens (tertiary/aromatic N) is 4. The van der Waals surface area contributed by atoms with Gasteiger partial charge in [0.1, 0.15) is 19.2 Å². The quantitative estimate of drug-likeness (QED) is 0.510. The molecule has 9 heteroatoms. The van der Waals surface area contributed by atoms with Crippen molar-refractivity contribution in [2.24, 2.45) is 4.99 Å². The van der Waals surface area contributed by atoms with Gasteiger partial charge in [-0.1, -0.05) is 11.3 Å². The summed E-state index contributed by atoms with van der Waals surface area (Å²) in [5.41, 5.74) is 1.31. The van der Waals surface area contributed by atoms with Crippen molar-refractivity contribution in [1.82, 2.24) is 4.57 Å². The van der Waals surface area contributed by atoms with Gasteiger partial charge in [0.05, 0.1) is 9.46 Å². The van der Waals surface area contributed by atoms with Crippen LogP contribution >= 0.6 is 11.3 Å². The van der Waals surface area contributed by atoms with Crippen LogP contribution in [0.4, 0.5) is 15.8 Å². The zero-order chi connectivity index (χ0) is 19.0. The predicted molar refractivity (Wildman–Crippen MR) is 99.8 cm³/mol. The molecular formula is C18H13FN4O3S. The molecule has 0 bridgehead atoms. The topological polar surface area (TPSA) is 80.7 Å². The molecule has 0 N–H and O–H groups in total. The lowest BCUT2D eigenvalue weighted by atomic mass is 10.2. The standard InChI is InChI=1S/C18H13FN4O3S/c19-13-3-7-14(8-4-13)21-10-20-18-22(11-21)17(24)16(27-18)9-12-1-5-15(6-2-12)23(25)26/h1-9H,10-11H2. The molecule has 0 radical (unpaired) electrons. The predicted octanol–water partition coefficient (Wildman–Crippen LogP) is 1.84. The molecule has 136 valence electrons. The molecule has 0 aliphatic carbocycles. The Morgan fingerprint density at radius 2 is 1.85 bits per heavy atom. The molecule has 0 spiro atoms. The van der Waals surface area contributed by atoms with Gasteiger partial charge in [-0.2, -0.15) is 0 Å². The molecule has 0 fully saturated rings. The van der Waals surface area contributed by atoms with E-state index in [1.54, 1.807) is 34.9 Å². The fraction of sp³-hybridized carbons (Fsp3) is 0.111. The minimum absolute atomic E-state index is 0.000661. The highest BCUT2D eigenvalue weighted by molar-refractivity contribution is 7.07. The minimum atomic E-state index is -0.467. The van der Waals surface area contributed by atoms with Crippen molar-refractivity contribution in [3.8, 4) is 0 Å². The van der Waals surface area contributed by atoms with Crippen LogP contribution in [0.2, 0.25) is 0 Å². The number of fused-ring (bicyclic) bond motifs is 1. The third kappa shape index (κ3) is 3.36. The van der Waals surface area contributed by atoms with Gasteiger partial charge in [0.25, 0.3) is 11.2 Å². The molecule has 27 heavy (non-hydrogen) atoms. The van der Waals surface area contributed by atoms with E-state index < -0.39 is 4.92 Å². The number of rotatable bonds is 3. The van der Waals surface area contributed by atoms with E-state index in [2.05, 4.69) is 4.99 Å². The summed E-state index contributed by atoms with van der Waals surface area (Å²) in [6.45, 7) is 0.705. The number of thiazole rings is 1. The van der Waals surface area contributed by atoms with Crippen molar-refractivity contribution in [2.75, 3.05) is 11.6 Å². The van der Waals surface area contributed by atoms with E-state index in [0.717, 1.165) is 5.69 Å². The fourth-order valence-corrected chi connectivity index (χ4v) is 3.73. The van der Waals surface area contributed by atoms with Crippen molar-refractivity contribution >= 4 is 28.8 Å². The summed E-state index contributed by atoms with van der Waals surface area (Å²) in [6.07, 6.45) is 1.69. The number of aromatic nitrogens is 1. The van der Waals surface area contributed by atoms with Gasteiger partial charge < -0.3 is 4.90 Å². The molecule has 1 aromatic heterocycles. The second-order valence-corrected chi connectivity index (χ2v) is 6.94. The number of benzene rings is 2. The molecule has 2 heterocycles. The van der Waals surface area contributed by atoms with Crippen LogP contribution in [0.25, 0.3) is 6.08 Å². The highest BCUT2D eigenvalue weighted by Crippen LogP contribution is 2.16. The van der Waals surface area contributed by atoms with Crippen molar-refractivity contribution in [3.05, 3.63) is 89.7 Å². The number of nitro benzene ring substituents is 1. The Morgan fingerprint density at radius 3 is 2.52 bits per heavy atom. The van der Waals surface area contributed by atoms with Gasteiger partial charge in [0.15, 0.2) is 4.80 Å². The molecule has 1 aliphatic rings. The zero-order valence-electron chi connectivity index (χ0n) is 13.9. The molecule has 4 rings (SSSR count). The van der Waals surface area contributed by atoms with E-state index in [1.807, 2.05) is 4.90 Å². The Balaban J connectivity index is 1.67. The van der Waals surface area contributed by atoms with Crippen LogP contribution in [0.1, 0.15) is 5.56 Å². The molecular weight excluding hydrogens is 371 g/mol. The average molecular weight is 384 g/mol. The third-order valence-corrected chi connectivity index (χ3v) is 5.21. The lowest BCUT2D eigenvalue weighted by Crippen LogP contribution is -2.42. The summed E-state index contributed by atoms with van der Waals surface area (Å²) in [4.78, 5) is 29.9. The van der Waals surface area contributed by atoms with Crippen LogP contribution in [0.15, 0.2) is 58.3 Å². The number of anilines is 1. The molecule has 0 saturated heterocycles. The maximum atomic E-state index is 13.1. The molecule has 0 amide bonds. The van der Waals surface area contributed by atoms with Crippen LogP contribution in [0.3, 0.4) is 0 Å². The molecule has 0 saturated carbocycles. The number of nitro groups is 1. The van der Waals surface area contributed by atoms with Gasteiger partial charge in [-0.25, -0.2) is 9.38 Å². The second-order valence-electron chi connectivity index (χ2n) is 5.93. The van der Waals surface area contributed by atoms with E-state index in [4.69, 9.17) is 0 Å². The molecule has 0 atom stereocenters. The highest BCUT2D eigenvalue weighted by atomic mass is 32.1. The summed E-state index contributed by atoms with van der Waals surface area (Å²) < 4.78 is 15.2. The second kappa shape index (κ2) is 6.76. The molecule has 2 aromatic carbocycles. The fourth-order valence-electron chi connectivity index (χ4n) is 2.77. The largest absolute Gasteiger partial charge is 0.334 e. The Hall–Kier alpha value is -3.33. The Bertz CT molecular complexity index is 1180. The van der Waals surface area contributed by atoms with Crippen LogP contribution < -0.4 is 19.8 Å². The van der Waals surface area contributed by atoms with Crippen molar-refractivity contribution in [3.63, 3.8) is 0 Å². The maximum absolute atomic E-state index is 13.1. The van der Waals surface area contributed by atoms with Crippen LogP contribution in [0, 0.1) is 15.9 Å². The van der Waals surface area contributed by atoms with E-state index in [-0.39, 0.29) is 17.1 Å². The average Bonchev–Trinajstić information content (AvgIpc) is 2.98. The third-order valence-electron chi connectivity index (χ3n) is 4.17. The molecule has 0 unspecified atom stereocenters. The lowest BCUT2D eigenvalue weighted by molar-refractivity contribution is -0.384. The molecule has 1 aliphatic heterocycles. The first kappa shape index (κ1) is 17.1. The summed E-state index contributed by atoms with van der Waals surface area (Å²) in [7, 11) is 0. The molecule has 3 aromatic rings. The number of hydrogen-bond donors (Lipinski definition) is 0. The summed E-state index contributed by atoms with van der Waals surface area (Å²) in [5, 5.41) is 10.7. The smallest absolute Gasteiger partial charge is 0.271 e. The first-order valence-electron chi connectivity index (χ1n) is 8.02. The Morgan fingerprint density at radius 1 is 1.15 bits per heavy atom. The van der Waals surface area contributed by atoms with Gasteiger partial charge in [-0.3, -0.25) is 19.5 Å². The van der Waals surface area contributed by atoms with Crippen LogP contribution in [-0.2, 0) is 6.67 Å². The summed E-state index contributed by atoms with van der Waals surface area (Å²) >= 11 is 1.27. The zero-order valence-corrected chi connectivity index (χ0v) is 14.7. The van der Waals surface area contributed by atoms with Crippen molar-refractivity contribution in [1.29, 1.82) is 0 Å². The van der Waals surface area contributed by atoms with Crippen molar-refractivity contribution < 1.29 is 9.31 Å². The van der Waals surface area contributed by atoms with E-state index in [9.17, 15) is 19.3 Å².